The van der Waals surface area contributed by atoms with E-state index in [1.807, 2.05) is 182 Å². The lowest BCUT2D eigenvalue weighted by Gasteiger charge is -2.20. The average molecular weight is 1850 g/mol. The number of rotatable bonds is 54. The highest BCUT2D eigenvalue weighted by molar-refractivity contribution is 6.13. The Morgan fingerprint density at radius 1 is 0.210 bits per heavy atom. The largest absolute Gasteiger partial charge is 0.490 e. The Morgan fingerprint density at radius 3 is 0.717 bits per heavy atom. The zero-order valence-corrected chi connectivity index (χ0v) is 81.1. The van der Waals surface area contributed by atoms with Gasteiger partial charge in [0.2, 0.25) is 11.5 Å². The highest BCUT2D eigenvalue weighted by Gasteiger charge is 2.29. The van der Waals surface area contributed by atoms with Crippen molar-refractivity contribution in [2.24, 2.45) is 20.5 Å². The summed E-state index contributed by atoms with van der Waals surface area (Å²) in [4.78, 5) is 57.3. The molecule has 0 saturated heterocycles. The maximum atomic E-state index is 14.7. The molecule has 0 heterocycles. The molecule has 0 radical (unpaired) electrons. The van der Waals surface area contributed by atoms with Gasteiger partial charge in [-0.25, -0.2) is 19.2 Å². The van der Waals surface area contributed by atoms with Crippen LogP contribution in [0.4, 0.5) is 22.7 Å². The van der Waals surface area contributed by atoms with Crippen molar-refractivity contribution in [3.8, 4) is 79.7 Å². The third-order valence-corrected chi connectivity index (χ3v) is 24.4. The maximum Gasteiger partial charge on any atom is 0.343 e. The molecule has 138 heavy (non-hydrogen) atoms. The Bertz CT molecular complexity index is 6220. The number of nitrogens with zero attached hydrogens (tertiary/aromatic N) is 4. The van der Waals surface area contributed by atoms with Crippen LogP contribution in [0, 0.1) is 0 Å². The van der Waals surface area contributed by atoms with Gasteiger partial charge in [0, 0.05) is 22.3 Å². The first-order chi connectivity index (χ1) is 67.9. The summed E-state index contributed by atoms with van der Waals surface area (Å²) in [6.07, 6.45) is 33.1. The molecular weight excluding hydrogens is 1720 g/mol. The number of carbonyl (C=O) groups is 4. The predicted octanol–water partition coefficient (Wildman–Crippen LogP) is 34.3. The van der Waals surface area contributed by atoms with Crippen LogP contribution in [-0.4, -0.2) is 64.0 Å². The van der Waals surface area contributed by atoms with E-state index in [0.717, 1.165) is 151 Å². The molecule has 0 atom stereocenters. The lowest BCUT2D eigenvalue weighted by atomic mass is 9.92. The van der Waals surface area contributed by atoms with E-state index < -0.39 is 23.9 Å². The van der Waals surface area contributed by atoms with E-state index in [2.05, 4.69) is 55.1 Å². The van der Waals surface area contributed by atoms with Crippen molar-refractivity contribution in [2.45, 2.75) is 221 Å². The van der Waals surface area contributed by atoms with Gasteiger partial charge in [-0.2, -0.15) is 20.5 Å². The summed E-state index contributed by atoms with van der Waals surface area (Å²) < 4.78 is 63.5. The standard InChI is InChI=1S/C65H76N2O7.C55H56N2O7/c1-4-6-8-10-12-14-16-18-20-29-45-71-59-47-52(48-60(63(59)70-3)72-46-30-21-19-17-15-13-11-9-7-5-2)65(69)74-58-44-40-50-32-26-28-36-56(50)62(58)61-55-35-27-25-31-49(55)39-43-57(61)73-64(68)51-37-41-54(42-38-51)67-66-53-33-23-22-24-34-53;1-4-7-17-34-60-49-37-42(38-50(61-35-18-8-5-2)53(49)62-36-19-9-6-3)55(59)64-48-33-29-40-21-14-16-25-46(40)52(48)51-45-24-15-13-20-39(45)28-32-47(51)63-54(58)41-26-30-44(31-27-41)57-56-43-22-11-10-12-23-43/h22-28,31-44,47-48H,4-21,29-30,45-46H2,1-3H3;10-16,20-33,37-38H,4-9,17-19,34-36H2,1-3H3. The monoisotopic (exact) mass is 1850 g/mol. The maximum absolute atomic E-state index is 14.7. The van der Waals surface area contributed by atoms with Gasteiger partial charge in [-0.15, -0.1) is 0 Å². The van der Waals surface area contributed by atoms with Gasteiger partial charge in [-0.3, -0.25) is 0 Å². The van der Waals surface area contributed by atoms with Crippen LogP contribution >= 0.6 is 0 Å². The molecule has 0 aliphatic carbocycles. The molecule has 18 heteroatoms. The summed E-state index contributed by atoms with van der Waals surface area (Å²) in [7, 11) is 1.61. The fourth-order valence-electron chi connectivity index (χ4n) is 16.9. The molecule has 0 aliphatic rings. The molecule has 0 spiro atoms. The quantitative estimate of drug-likeness (QED) is 0.0150. The SMILES string of the molecule is CCCCCCCCCCCCOc1cc(C(=O)Oc2ccc3ccccc3c2-c2c(OC(=O)c3ccc(N=Nc4ccccc4)cc3)ccc3ccccc23)cc(OCCCCCCCCCCCC)c1OC.CCCCCOc1cc(C(=O)Oc2ccc3ccccc3c2-c2c(OC(=O)c3ccc(N=Nc4ccccc4)cc3)ccc3ccccc23)cc(OCCCCC)c1OCCCCC. The van der Waals surface area contributed by atoms with Crippen molar-refractivity contribution < 1.29 is 66.5 Å². The van der Waals surface area contributed by atoms with Gasteiger partial charge >= 0.3 is 23.9 Å². The van der Waals surface area contributed by atoms with Crippen LogP contribution in [0.3, 0.4) is 0 Å². The second-order valence-corrected chi connectivity index (χ2v) is 34.9. The van der Waals surface area contributed by atoms with Crippen molar-refractivity contribution in [3.05, 3.63) is 301 Å². The second kappa shape index (κ2) is 55.3. The summed E-state index contributed by atoms with van der Waals surface area (Å²) in [6.45, 7) is 13.3. The molecule has 14 aromatic rings. The zero-order chi connectivity index (χ0) is 96.1. The third-order valence-electron chi connectivity index (χ3n) is 24.4. The molecule has 14 rings (SSSR count). The van der Waals surface area contributed by atoms with Crippen molar-refractivity contribution in [2.75, 3.05) is 40.1 Å². The number of ether oxygens (including phenoxy) is 10. The third kappa shape index (κ3) is 29.5. The highest BCUT2D eigenvalue weighted by Crippen LogP contribution is 2.50. The molecule has 0 N–H and O–H groups in total. The van der Waals surface area contributed by atoms with Crippen molar-refractivity contribution in [1.82, 2.24) is 0 Å². The summed E-state index contributed by atoms with van der Waals surface area (Å²) in [5.41, 5.74) is 6.25. The molecule has 0 unspecified atom stereocenters. The summed E-state index contributed by atoms with van der Waals surface area (Å²) in [6, 6.07) is 85.8. The average Bonchev–Trinajstić information content (AvgIpc) is 0.751. The van der Waals surface area contributed by atoms with Gasteiger partial charge in [0.05, 0.1) is 85.1 Å². The minimum atomic E-state index is -0.603. The van der Waals surface area contributed by atoms with Crippen LogP contribution in [0.15, 0.2) is 300 Å². The molecule has 0 amide bonds. The predicted molar refractivity (Wildman–Crippen MR) is 557 cm³/mol. The minimum Gasteiger partial charge on any atom is -0.490 e. The second-order valence-electron chi connectivity index (χ2n) is 34.9. The highest BCUT2D eigenvalue weighted by atomic mass is 16.6. The Labute approximate surface area is 813 Å². The number of benzene rings is 14. The summed E-state index contributed by atoms with van der Waals surface area (Å²) in [5, 5.41) is 24.2. The summed E-state index contributed by atoms with van der Waals surface area (Å²) >= 11 is 0. The number of hydrogen-bond acceptors (Lipinski definition) is 18. The van der Waals surface area contributed by atoms with E-state index >= 15 is 0 Å². The number of unbranched alkanes of at least 4 members (excludes halogenated alkanes) is 24. The Hall–Kier alpha value is -14.0. The first-order valence-electron chi connectivity index (χ1n) is 50.1. The number of carbonyl (C=O) groups excluding carboxylic acids is 4. The lowest BCUT2D eigenvalue weighted by Crippen LogP contribution is -2.13. The first-order valence-corrected chi connectivity index (χ1v) is 50.1. The van der Waals surface area contributed by atoms with Crippen LogP contribution in [0.2, 0.25) is 0 Å². The first kappa shape index (κ1) is 101. The smallest absolute Gasteiger partial charge is 0.343 e. The minimum absolute atomic E-state index is 0.257. The molecule has 716 valence electrons. The number of methoxy groups -OCH3 is 1. The van der Waals surface area contributed by atoms with Gasteiger partial charge in [0.1, 0.15) is 23.0 Å². The van der Waals surface area contributed by atoms with Gasteiger partial charge in [-0.05, 0) is 197 Å². The Morgan fingerprint density at radius 2 is 0.435 bits per heavy atom. The number of hydrogen-bond donors (Lipinski definition) is 0. The van der Waals surface area contributed by atoms with E-state index in [1.54, 1.807) is 104 Å². The molecule has 0 saturated carbocycles. The van der Waals surface area contributed by atoms with Crippen molar-refractivity contribution in [3.63, 3.8) is 0 Å². The molecule has 0 aromatic heterocycles. The van der Waals surface area contributed by atoms with Gasteiger partial charge in [-0.1, -0.05) is 346 Å². The van der Waals surface area contributed by atoms with Gasteiger partial charge < -0.3 is 47.4 Å². The Balaban J connectivity index is 0.000000235. The van der Waals surface area contributed by atoms with Crippen LogP contribution in [-0.2, 0) is 0 Å². The van der Waals surface area contributed by atoms with E-state index in [-0.39, 0.29) is 11.1 Å². The van der Waals surface area contributed by atoms with Crippen molar-refractivity contribution in [1.29, 1.82) is 0 Å². The fraction of sp³-hybridized carbons (Fsp3) is 0.333. The topological polar surface area (TPSA) is 210 Å². The number of fused-ring (bicyclic) bond motifs is 4. The molecule has 18 nitrogen and oxygen atoms in total. The molecular formula is C120H132N4O14. The van der Waals surface area contributed by atoms with Crippen LogP contribution in [0.25, 0.3) is 65.3 Å². The van der Waals surface area contributed by atoms with Crippen LogP contribution < -0.4 is 47.4 Å². The van der Waals surface area contributed by atoms with E-state index in [9.17, 15) is 19.2 Å². The van der Waals surface area contributed by atoms with E-state index in [1.165, 1.54) is 89.9 Å². The molecule has 14 aromatic carbocycles. The number of azo groups is 2. The fourth-order valence-corrected chi connectivity index (χ4v) is 16.9. The van der Waals surface area contributed by atoms with Crippen LogP contribution in [0.1, 0.15) is 262 Å². The normalized spacial score (nSPS) is 11.3. The van der Waals surface area contributed by atoms with Gasteiger partial charge in [0.15, 0.2) is 23.0 Å². The zero-order valence-electron chi connectivity index (χ0n) is 81.1. The Kier molecular flexibility index (Phi) is 40.6. The van der Waals surface area contributed by atoms with E-state index in [0.29, 0.717) is 135 Å². The lowest BCUT2D eigenvalue weighted by molar-refractivity contribution is 0.0723. The van der Waals surface area contributed by atoms with Gasteiger partial charge in [0.25, 0.3) is 0 Å². The van der Waals surface area contributed by atoms with Crippen LogP contribution in [0.5, 0.6) is 57.5 Å². The number of esters is 4. The molecule has 0 fully saturated rings. The van der Waals surface area contributed by atoms with E-state index in [4.69, 9.17) is 47.4 Å². The molecule has 0 bridgehead atoms. The molecule has 0 aliphatic heterocycles. The van der Waals surface area contributed by atoms with Crippen molar-refractivity contribution >= 4 is 89.7 Å². The summed E-state index contributed by atoms with van der Waals surface area (Å²) in [5.74, 6) is 1.62.